The highest BCUT2D eigenvalue weighted by molar-refractivity contribution is 7.89. The van der Waals surface area contributed by atoms with Gasteiger partial charge in [-0.05, 0) is 42.5 Å². The number of esters is 1. The van der Waals surface area contributed by atoms with Crippen molar-refractivity contribution >= 4 is 21.9 Å². The van der Waals surface area contributed by atoms with E-state index >= 15 is 0 Å². The van der Waals surface area contributed by atoms with Gasteiger partial charge in [-0.3, -0.25) is 4.79 Å². The molecular weight excluding hydrogens is 446 g/mol. The number of nitrogens with one attached hydrogen (secondary N) is 1. The largest absolute Gasteiger partial charge is 0.460 e. The molecule has 1 N–H and O–H groups in total. The third kappa shape index (κ3) is 6.72. The number of hydrogen-bond acceptors (Lipinski definition) is 6. The first-order valence-corrected chi connectivity index (χ1v) is 11.2. The number of alkyl halides is 2. The molecule has 0 aromatic heterocycles. The lowest BCUT2D eigenvalue weighted by molar-refractivity contribution is -0.0499. The smallest absolute Gasteiger partial charge is 0.387 e. The van der Waals surface area contributed by atoms with Crippen molar-refractivity contribution < 1.29 is 36.3 Å². The number of nitrogens with zero attached hydrogens (tertiary/aromatic N) is 1. The monoisotopic (exact) mass is 470 g/mol. The molecular formula is C21H24F2N2O6S. The SMILES string of the molecule is CCN(CC)S(=O)(=O)c1ccc(C(=O)NCCOC(=O)c2cccc(OC(F)F)c2)cc1. The molecule has 0 heterocycles. The molecule has 174 valence electrons. The van der Waals surface area contributed by atoms with Gasteiger partial charge in [-0.2, -0.15) is 13.1 Å². The minimum atomic E-state index is -3.62. The van der Waals surface area contributed by atoms with Gasteiger partial charge >= 0.3 is 12.6 Å². The van der Waals surface area contributed by atoms with Crippen molar-refractivity contribution in [3.05, 3.63) is 59.7 Å². The first kappa shape index (κ1) is 25.2. The van der Waals surface area contributed by atoms with Gasteiger partial charge in [0.15, 0.2) is 0 Å². The second-order valence-electron chi connectivity index (χ2n) is 6.41. The molecule has 0 fully saturated rings. The average molecular weight is 470 g/mol. The summed E-state index contributed by atoms with van der Waals surface area (Å²) in [7, 11) is -3.62. The number of benzene rings is 2. The molecule has 2 aromatic rings. The first-order valence-electron chi connectivity index (χ1n) is 9.79. The molecule has 2 aromatic carbocycles. The van der Waals surface area contributed by atoms with Crippen molar-refractivity contribution in [3.8, 4) is 5.75 Å². The molecule has 0 unspecified atom stereocenters. The number of rotatable bonds is 11. The molecule has 11 heteroatoms. The summed E-state index contributed by atoms with van der Waals surface area (Å²) in [4.78, 5) is 24.3. The number of carbonyl (C=O) groups is 2. The van der Waals surface area contributed by atoms with Gasteiger partial charge in [0.05, 0.1) is 17.0 Å². The van der Waals surface area contributed by atoms with Crippen LogP contribution >= 0.6 is 0 Å². The molecule has 0 aliphatic carbocycles. The van der Waals surface area contributed by atoms with Crippen LogP contribution in [-0.2, 0) is 14.8 Å². The second-order valence-corrected chi connectivity index (χ2v) is 8.35. The number of halogens is 2. The highest BCUT2D eigenvalue weighted by Gasteiger charge is 2.21. The Hall–Kier alpha value is -3.05. The van der Waals surface area contributed by atoms with E-state index in [4.69, 9.17) is 4.74 Å². The zero-order valence-corrected chi connectivity index (χ0v) is 18.4. The third-order valence-corrected chi connectivity index (χ3v) is 6.44. The van der Waals surface area contributed by atoms with Crippen molar-refractivity contribution in [3.63, 3.8) is 0 Å². The number of hydrogen-bond donors (Lipinski definition) is 1. The predicted octanol–water partition coefficient (Wildman–Crippen LogP) is 2.91. The quantitative estimate of drug-likeness (QED) is 0.400. The summed E-state index contributed by atoms with van der Waals surface area (Å²) in [5.41, 5.74) is 0.270. The Morgan fingerprint density at radius 2 is 1.69 bits per heavy atom. The van der Waals surface area contributed by atoms with Gasteiger partial charge in [-0.1, -0.05) is 19.9 Å². The van der Waals surface area contributed by atoms with Crippen LogP contribution in [0.5, 0.6) is 5.75 Å². The summed E-state index contributed by atoms with van der Waals surface area (Å²) < 4.78 is 60.0. The summed E-state index contributed by atoms with van der Waals surface area (Å²) in [5.74, 6) is -1.40. The highest BCUT2D eigenvalue weighted by atomic mass is 32.2. The summed E-state index contributed by atoms with van der Waals surface area (Å²) in [5, 5.41) is 2.55. The normalized spacial score (nSPS) is 11.4. The lowest BCUT2D eigenvalue weighted by Gasteiger charge is -2.18. The Balaban J connectivity index is 1.86. The molecule has 0 spiro atoms. The number of carbonyl (C=O) groups excluding carboxylic acids is 2. The summed E-state index contributed by atoms with van der Waals surface area (Å²) in [6.07, 6.45) is 0. The maximum atomic E-state index is 12.5. The minimum absolute atomic E-state index is 0.00268. The fourth-order valence-electron chi connectivity index (χ4n) is 2.78. The molecule has 32 heavy (non-hydrogen) atoms. The van der Waals surface area contributed by atoms with Gasteiger partial charge in [0.1, 0.15) is 12.4 Å². The maximum Gasteiger partial charge on any atom is 0.387 e. The van der Waals surface area contributed by atoms with E-state index in [9.17, 15) is 26.8 Å². The van der Waals surface area contributed by atoms with Crippen LogP contribution in [-0.4, -0.2) is 57.5 Å². The highest BCUT2D eigenvalue weighted by Crippen LogP contribution is 2.17. The average Bonchev–Trinajstić information content (AvgIpc) is 2.77. The number of sulfonamides is 1. The summed E-state index contributed by atoms with van der Waals surface area (Å²) in [6.45, 7) is 0.985. The van der Waals surface area contributed by atoms with Gasteiger partial charge in [-0.15, -0.1) is 0 Å². The van der Waals surface area contributed by atoms with Crippen LogP contribution in [0, 0.1) is 0 Å². The molecule has 0 saturated heterocycles. The van der Waals surface area contributed by atoms with Gasteiger partial charge in [0, 0.05) is 18.7 Å². The fourth-order valence-corrected chi connectivity index (χ4v) is 4.24. The van der Waals surface area contributed by atoms with Crippen molar-refractivity contribution in [2.45, 2.75) is 25.4 Å². The Kier molecular flexibility index (Phi) is 9.09. The van der Waals surface area contributed by atoms with Crippen molar-refractivity contribution in [1.82, 2.24) is 9.62 Å². The first-order chi connectivity index (χ1) is 15.2. The number of amides is 1. The lowest BCUT2D eigenvalue weighted by Crippen LogP contribution is -2.31. The Labute approximate surface area is 185 Å². The van der Waals surface area contributed by atoms with Crippen LogP contribution in [0.3, 0.4) is 0 Å². The van der Waals surface area contributed by atoms with Gasteiger partial charge < -0.3 is 14.8 Å². The molecule has 0 atom stereocenters. The maximum absolute atomic E-state index is 12.5. The molecule has 2 rings (SSSR count). The molecule has 0 aliphatic rings. The zero-order valence-electron chi connectivity index (χ0n) is 17.6. The van der Waals surface area contributed by atoms with E-state index < -0.39 is 28.5 Å². The predicted molar refractivity (Wildman–Crippen MR) is 112 cm³/mol. The van der Waals surface area contributed by atoms with Crippen LogP contribution < -0.4 is 10.1 Å². The van der Waals surface area contributed by atoms with Gasteiger partial charge in [0.2, 0.25) is 10.0 Å². The molecule has 0 bridgehead atoms. The molecule has 0 saturated carbocycles. The molecule has 1 amide bonds. The standard InChI is InChI=1S/C21H24F2N2O6S/c1-3-25(4-2)32(28,29)18-10-8-15(9-11-18)19(26)24-12-13-30-20(27)16-6-5-7-17(14-16)31-21(22)23/h5-11,14,21H,3-4,12-13H2,1-2H3,(H,24,26). The van der Waals surface area contributed by atoms with E-state index in [1.54, 1.807) is 13.8 Å². The van der Waals surface area contributed by atoms with Crippen LogP contribution in [0.2, 0.25) is 0 Å². The second kappa shape index (κ2) is 11.5. The fraction of sp³-hybridized carbons (Fsp3) is 0.333. The van der Waals surface area contributed by atoms with Crippen molar-refractivity contribution in [2.24, 2.45) is 0 Å². The zero-order chi connectivity index (χ0) is 23.7. The van der Waals surface area contributed by atoms with Crippen LogP contribution in [0.4, 0.5) is 8.78 Å². The molecule has 8 nitrogen and oxygen atoms in total. The Morgan fingerprint density at radius 1 is 1.03 bits per heavy atom. The van der Waals surface area contributed by atoms with E-state index in [0.29, 0.717) is 13.1 Å². The summed E-state index contributed by atoms with van der Waals surface area (Å²) in [6, 6.07) is 10.7. The van der Waals surface area contributed by atoms with E-state index in [1.165, 1.54) is 46.8 Å². The van der Waals surface area contributed by atoms with Crippen LogP contribution in [0.1, 0.15) is 34.6 Å². The van der Waals surface area contributed by atoms with E-state index in [2.05, 4.69) is 10.1 Å². The lowest BCUT2D eigenvalue weighted by atomic mass is 10.2. The van der Waals surface area contributed by atoms with E-state index in [-0.39, 0.29) is 34.9 Å². The Bertz CT molecular complexity index is 1020. The molecule has 0 aliphatic heterocycles. The van der Waals surface area contributed by atoms with Crippen LogP contribution in [0.15, 0.2) is 53.4 Å². The summed E-state index contributed by atoms with van der Waals surface area (Å²) >= 11 is 0. The number of ether oxygens (including phenoxy) is 2. The Morgan fingerprint density at radius 3 is 2.28 bits per heavy atom. The minimum Gasteiger partial charge on any atom is -0.460 e. The topological polar surface area (TPSA) is 102 Å². The van der Waals surface area contributed by atoms with Gasteiger partial charge in [0.25, 0.3) is 5.91 Å². The third-order valence-electron chi connectivity index (χ3n) is 4.38. The van der Waals surface area contributed by atoms with Gasteiger partial charge in [-0.25, -0.2) is 13.2 Å². The van der Waals surface area contributed by atoms with E-state index in [1.807, 2.05) is 0 Å². The van der Waals surface area contributed by atoms with Crippen molar-refractivity contribution in [1.29, 1.82) is 0 Å². The van der Waals surface area contributed by atoms with Crippen LogP contribution in [0.25, 0.3) is 0 Å². The van der Waals surface area contributed by atoms with E-state index in [0.717, 1.165) is 6.07 Å². The van der Waals surface area contributed by atoms with Crippen molar-refractivity contribution in [2.75, 3.05) is 26.2 Å². The molecule has 0 radical (unpaired) electrons.